The van der Waals surface area contributed by atoms with Gasteiger partial charge in [0.1, 0.15) is 24.5 Å². The number of anilines is 2. The third-order valence-corrected chi connectivity index (χ3v) is 6.68. The van der Waals surface area contributed by atoms with E-state index in [-0.39, 0.29) is 0 Å². The molecule has 0 aliphatic heterocycles. The lowest BCUT2D eigenvalue weighted by molar-refractivity contribution is 0.284. The van der Waals surface area contributed by atoms with Crippen LogP contribution in [0.2, 0.25) is 0 Å². The van der Waals surface area contributed by atoms with E-state index in [1.165, 1.54) is 0 Å². The first-order valence-corrected chi connectivity index (χ1v) is 12.9. The van der Waals surface area contributed by atoms with Crippen LogP contribution >= 0.6 is 0 Å². The number of H-pyrrole nitrogens is 1. The van der Waals surface area contributed by atoms with Crippen molar-refractivity contribution >= 4 is 45.5 Å². The number of methoxy groups -OCH3 is 2. The highest BCUT2D eigenvalue weighted by molar-refractivity contribution is 5.95. The van der Waals surface area contributed by atoms with Crippen LogP contribution in [0.4, 0.5) is 11.5 Å². The first-order chi connectivity index (χ1) is 19.7. The number of aromatic amines is 1. The molecule has 0 bridgehead atoms. The lowest BCUT2D eigenvalue weighted by atomic mass is 10.1. The number of aromatic nitrogens is 3. The summed E-state index contributed by atoms with van der Waals surface area (Å²) in [5, 5.41) is 5.47. The van der Waals surface area contributed by atoms with E-state index in [0.717, 1.165) is 55.8 Å². The SMILES string of the molecule is COc1cc2ncnc(Nc3ccc4[nH]ccc4c3)c2cc1/C=C/c1ccc(OCc2ccccc2)c(OC)c1. The van der Waals surface area contributed by atoms with Crippen molar-refractivity contribution in [3.8, 4) is 17.2 Å². The summed E-state index contributed by atoms with van der Waals surface area (Å²) in [7, 11) is 3.31. The van der Waals surface area contributed by atoms with Gasteiger partial charge in [-0.2, -0.15) is 0 Å². The number of fused-ring (bicyclic) bond motifs is 2. The minimum atomic E-state index is 0.470. The Kier molecular flexibility index (Phi) is 7.01. The molecule has 0 radical (unpaired) electrons. The van der Waals surface area contributed by atoms with Gasteiger partial charge in [0, 0.05) is 39.8 Å². The van der Waals surface area contributed by atoms with Crippen LogP contribution in [0.15, 0.2) is 97.5 Å². The zero-order chi connectivity index (χ0) is 27.3. The van der Waals surface area contributed by atoms with Crippen molar-refractivity contribution in [1.29, 1.82) is 0 Å². The largest absolute Gasteiger partial charge is 0.496 e. The smallest absolute Gasteiger partial charge is 0.161 e. The molecule has 0 amide bonds. The first-order valence-electron chi connectivity index (χ1n) is 12.9. The lowest BCUT2D eigenvalue weighted by Crippen LogP contribution is -1.98. The van der Waals surface area contributed by atoms with Crippen LogP contribution < -0.4 is 19.5 Å². The Morgan fingerprint density at radius 1 is 0.800 bits per heavy atom. The molecule has 0 unspecified atom stereocenters. The highest BCUT2D eigenvalue weighted by Gasteiger charge is 2.11. The van der Waals surface area contributed by atoms with Gasteiger partial charge in [0.2, 0.25) is 0 Å². The van der Waals surface area contributed by atoms with Crippen molar-refractivity contribution in [3.63, 3.8) is 0 Å². The molecule has 7 nitrogen and oxygen atoms in total. The first kappa shape index (κ1) is 25.0. The molecule has 40 heavy (non-hydrogen) atoms. The van der Waals surface area contributed by atoms with Crippen LogP contribution in [0.3, 0.4) is 0 Å². The zero-order valence-electron chi connectivity index (χ0n) is 22.2. The normalized spacial score (nSPS) is 11.2. The molecule has 2 N–H and O–H groups in total. The van der Waals surface area contributed by atoms with Gasteiger partial charge < -0.3 is 24.5 Å². The van der Waals surface area contributed by atoms with Crippen LogP contribution in [0.25, 0.3) is 34.0 Å². The van der Waals surface area contributed by atoms with E-state index in [1.54, 1.807) is 20.5 Å². The minimum Gasteiger partial charge on any atom is -0.496 e. The summed E-state index contributed by atoms with van der Waals surface area (Å²) in [5.41, 5.74) is 5.78. The fourth-order valence-electron chi connectivity index (χ4n) is 4.60. The number of ether oxygens (including phenoxy) is 3. The Labute approximate surface area is 232 Å². The highest BCUT2D eigenvalue weighted by Crippen LogP contribution is 2.33. The van der Waals surface area contributed by atoms with Gasteiger partial charge in [0.25, 0.3) is 0 Å². The van der Waals surface area contributed by atoms with Crippen molar-refractivity contribution in [2.75, 3.05) is 19.5 Å². The second-order valence-electron chi connectivity index (χ2n) is 9.26. The summed E-state index contributed by atoms with van der Waals surface area (Å²) in [6, 6.07) is 28.1. The van der Waals surface area contributed by atoms with Gasteiger partial charge in [-0.3, -0.25) is 0 Å². The van der Waals surface area contributed by atoms with Crippen LogP contribution in [0.5, 0.6) is 17.2 Å². The lowest BCUT2D eigenvalue weighted by Gasteiger charge is -2.12. The van der Waals surface area contributed by atoms with Gasteiger partial charge in [-0.15, -0.1) is 0 Å². The molecule has 0 aliphatic carbocycles. The molecule has 6 aromatic rings. The molecular weight excluding hydrogens is 500 g/mol. The average Bonchev–Trinajstić information content (AvgIpc) is 3.47. The number of nitrogens with zero attached hydrogens (tertiary/aromatic N) is 2. The van der Waals surface area contributed by atoms with Gasteiger partial charge >= 0.3 is 0 Å². The Hall–Kier alpha value is -5.30. The van der Waals surface area contributed by atoms with Crippen molar-refractivity contribution < 1.29 is 14.2 Å². The van der Waals surface area contributed by atoms with Gasteiger partial charge in [-0.1, -0.05) is 48.6 Å². The van der Waals surface area contributed by atoms with Crippen molar-refractivity contribution in [1.82, 2.24) is 15.0 Å². The van der Waals surface area contributed by atoms with E-state index < -0.39 is 0 Å². The minimum absolute atomic E-state index is 0.470. The summed E-state index contributed by atoms with van der Waals surface area (Å²) in [6.07, 6.45) is 7.52. The number of hydrogen-bond donors (Lipinski definition) is 2. The van der Waals surface area contributed by atoms with E-state index in [1.807, 2.05) is 97.2 Å². The molecule has 0 spiro atoms. The Morgan fingerprint density at radius 2 is 1.68 bits per heavy atom. The number of rotatable bonds is 9. The van der Waals surface area contributed by atoms with Crippen LogP contribution in [0, 0.1) is 0 Å². The number of benzene rings is 4. The Morgan fingerprint density at radius 3 is 2.52 bits per heavy atom. The van der Waals surface area contributed by atoms with Crippen molar-refractivity contribution in [3.05, 3.63) is 114 Å². The quantitative estimate of drug-likeness (QED) is 0.188. The zero-order valence-corrected chi connectivity index (χ0v) is 22.2. The maximum Gasteiger partial charge on any atom is 0.161 e. The number of hydrogen-bond acceptors (Lipinski definition) is 6. The second kappa shape index (κ2) is 11.2. The molecule has 7 heteroatoms. The Balaban J connectivity index is 1.27. The van der Waals surface area contributed by atoms with E-state index in [9.17, 15) is 0 Å². The molecule has 6 rings (SSSR count). The Bertz CT molecular complexity index is 1810. The monoisotopic (exact) mass is 528 g/mol. The maximum absolute atomic E-state index is 6.01. The fourth-order valence-corrected chi connectivity index (χ4v) is 4.60. The predicted octanol–water partition coefficient (Wildman–Crippen LogP) is 7.62. The number of nitrogens with one attached hydrogen (secondary N) is 2. The van der Waals surface area contributed by atoms with E-state index >= 15 is 0 Å². The van der Waals surface area contributed by atoms with Gasteiger partial charge in [-0.25, -0.2) is 9.97 Å². The summed E-state index contributed by atoms with van der Waals surface area (Å²) in [5.74, 6) is 2.80. The summed E-state index contributed by atoms with van der Waals surface area (Å²) < 4.78 is 17.3. The van der Waals surface area contributed by atoms with Crippen molar-refractivity contribution in [2.45, 2.75) is 6.61 Å². The van der Waals surface area contributed by atoms with Gasteiger partial charge in [-0.05, 0) is 53.6 Å². The predicted molar refractivity (Wildman–Crippen MR) is 160 cm³/mol. The fraction of sp³-hybridized carbons (Fsp3) is 0.0909. The standard InChI is InChI=1S/C33H28N4O3/c1-38-31-19-29-27(33(36-21-35-29)37-26-11-12-28-24(17-26)14-15-34-28)18-25(31)10-8-22-9-13-30(32(16-22)39-2)40-20-23-6-4-3-5-7-23/h3-19,21,34H,20H2,1-2H3,(H,35,36,37)/b10-8+. The van der Waals surface area contributed by atoms with E-state index in [0.29, 0.717) is 18.1 Å². The molecule has 0 fully saturated rings. The molecule has 0 saturated carbocycles. The van der Waals surface area contributed by atoms with Crippen molar-refractivity contribution in [2.24, 2.45) is 0 Å². The maximum atomic E-state index is 6.01. The topological polar surface area (TPSA) is 81.3 Å². The highest BCUT2D eigenvalue weighted by atomic mass is 16.5. The van der Waals surface area contributed by atoms with Gasteiger partial charge in [0.15, 0.2) is 11.5 Å². The third-order valence-electron chi connectivity index (χ3n) is 6.68. The van der Waals surface area contributed by atoms with E-state index in [2.05, 4.69) is 26.3 Å². The molecule has 0 atom stereocenters. The molecule has 2 heterocycles. The summed E-state index contributed by atoms with van der Waals surface area (Å²) in [4.78, 5) is 12.2. The van der Waals surface area contributed by atoms with Crippen LogP contribution in [0.1, 0.15) is 16.7 Å². The molecule has 2 aromatic heterocycles. The molecule has 0 aliphatic rings. The van der Waals surface area contributed by atoms with Crippen LogP contribution in [-0.2, 0) is 6.61 Å². The van der Waals surface area contributed by atoms with E-state index in [4.69, 9.17) is 14.2 Å². The summed E-state index contributed by atoms with van der Waals surface area (Å²) in [6.45, 7) is 0.470. The average molecular weight is 529 g/mol. The van der Waals surface area contributed by atoms with Crippen LogP contribution in [-0.4, -0.2) is 29.2 Å². The molecule has 198 valence electrons. The molecule has 0 saturated heterocycles. The van der Waals surface area contributed by atoms with Gasteiger partial charge in [0.05, 0.1) is 19.7 Å². The third kappa shape index (κ3) is 5.31. The molecular formula is C33H28N4O3. The summed E-state index contributed by atoms with van der Waals surface area (Å²) >= 11 is 0. The second-order valence-corrected chi connectivity index (χ2v) is 9.26. The molecule has 4 aromatic carbocycles.